The molecule has 1 aromatic heterocycles. The Bertz CT molecular complexity index is 744. The summed E-state index contributed by atoms with van der Waals surface area (Å²) < 4.78 is 19.2. The molecule has 1 aliphatic heterocycles. The zero-order valence-corrected chi connectivity index (χ0v) is 13.2. The van der Waals surface area contributed by atoms with Gasteiger partial charge < -0.3 is 9.64 Å². The second-order valence-corrected chi connectivity index (χ2v) is 5.17. The molecule has 0 unspecified atom stereocenters. The number of anilines is 2. The molecule has 1 aliphatic rings. The monoisotopic (exact) mass is 327 g/mol. The first kappa shape index (κ1) is 16.1. The van der Waals surface area contributed by atoms with E-state index in [1.165, 1.54) is 0 Å². The molecule has 0 spiro atoms. The van der Waals surface area contributed by atoms with Gasteiger partial charge in [0.15, 0.2) is 11.6 Å². The average Bonchev–Trinajstić information content (AvgIpc) is 2.64. The van der Waals surface area contributed by atoms with E-state index in [2.05, 4.69) is 27.1 Å². The molecule has 124 valence electrons. The van der Waals surface area contributed by atoms with Crippen molar-refractivity contribution in [3.8, 4) is 0 Å². The Balaban J connectivity index is 1.73. The van der Waals surface area contributed by atoms with Crippen LogP contribution in [-0.4, -0.2) is 42.5 Å². The number of halogens is 1. The number of ether oxygens (including phenoxy) is 1. The van der Waals surface area contributed by atoms with Gasteiger partial charge in [-0.25, -0.2) is 14.8 Å². The van der Waals surface area contributed by atoms with Crippen LogP contribution in [0.5, 0.6) is 0 Å². The van der Waals surface area contributed by atoms with Gasteiger partial charge in [0.2, 0.25) is 5.95 Å². The minimum atomic E-state index is -0.455. The van der Waals surface area contributed by atoms with Gasteiger partial charge in [-0.05, 0) is 5.56 Å². The van der Waals surface area contributed by atoms with Crippen molar-refractivity contribution in [3.05, 3.63) is 54.0 Å². The van der Waals surface area contributed by atoms with Crippen LogP contribution < -0.4 is 10.3 Å². The largest absolute Gasteiger partial charge is 0.378 e. The first-order chi connectivity index (χ1) is 11.8. The molecule has 1 saturated heterocycles. The van der Waals surface area contributed by atoms with Gasteiger partial charge in [-0.3, -0.25) is 0 Å². The van der Waals surface area contributed by atoms with Gasteiger partial charge in [0, 0.05) is 18.7 Å². The van der Waals surface area contributed by atoms with Crippen molar-refractivity contribution < 1.29 is 9.13 Å². The van der Waals surface area contributed by atoms with E-state index in [0.717, 1.165) is 17.3 Å². The van der Waals surface area contributed by atoms with Crippen molar-refractivity contribution in [2.24, 2.45) is 5.10 Å². The smallest absolute Gasteiger partial charge is 0.245 e. The van der Waals surface area contributed by atoms with Gasteiger partial charge in [-0.2, -0.15) is 10.1 Å². The highest BCUT2D eigenvalue weighted by Gasteiger charge is 2.17. The van der Waals surface area contributed by atoms with E-state index in [4.69, 9.17) is 4.74 Å². The molecule has 6 nitrogen and oxygen atoms in total. The summed E-state index contributed by atoms with van der Waals surface area (Å²) in [7, 11) is 0. The predicted molar refractivity (Wildman–Crippen MR) is 92.8 cm³/mol. The Kier molecular flexibility index (Phi) is 5.12. The van der Waals surface area contributed by atoms with Crippen LogP contribution in [0.3, 0.4) is 0 Å². The van der Waals surface area contributed by atoms with Crippen molar-refractivity contribution >= 4 is 24.1 Å². The average molecular weight is 327 g/mol. The van der Waals surface area contributed by atoms with Crippen LogP contribution in [0.25, 0.3) is 6.08 Å². The lowest BCUT2D eigenvalue weighted by molar-refractivity contribution is 0.122. The molecule has 0 amide bonds. The Hall–Kier alpha value is -2.80. The van der Waals surface area contributed by atoms with E-state index in [1.54, 1.807) is 12.3 Å². The van der Waals surface area contributed by atoms with E-state index in [0.29, 0.717) is 26.3 Å². The van der Waals surface area contributed by atoms with Gasteiger partial charge in [0.25, 0.3) is 0 Å². The number of aromatic nitrogens is 2. The van der Waals surface area contributed by atoms with Crippen LogP contribution in [0, 0.1) is 5.82 Å². The second-order valence-electron chi connectivity index (χ2n) is 5.17. The van der Waals surface area contributed by atoms with Crippen LogP contribution >= 0.6 is 0 Å². The van der Waals surface area contributed by atoms with Crippen molar-refractivity contribution in [1.29, 1.82) is 0 Å². The van der Waals surface area contributed by atoms with E-state index in [1.807, 2.05) is 29.2 Å². The Morgan fingerprint density at radius 1 is 1.25 bits per heavy atom. The summed E-state index contributed by atoms with van der Waals surface area (Å²) in [6, 6.07) is 7.71. The van der Waals surface area contributed by atoms with Gasteiger partial charge in [0.1, 0.15) is 0 Å². The van der Waals surface area contributed by atoms with Gasteiger partial charge in [0.05, 0.1) is 25.6 Å². The molecule has 3 rings (SSSR count). The predicted octanol–water partition coefficient (Wildman–Crippen LogP) is 2.54. The summed E-state index contributed by atoms with van der Waals surface area (Å²) in [5.74, 6) is 0.0474. The summed E-state index contributed by atoms with van der Waals surface area (Å²) >= 11 is 0. The molecule has 0 atom stereocenters. The number of morpholine rings is 1. The van der Waals surface area contributed by atoms with Crippen LogP contribution in [0.4, 0.5) is 16.2 Å². The quantitative estimate of drug-likeness (QED) is 0.675. The van der Waals surface area contributed by atoms with Crippen LogP contribution in [0.15, 0.2) is 42.1 Å². The van der Waals surface area contributed by atoms with Crippen LogP contribution in [-0.2, 0) is 4.74 Å². The highest BCUT2D eigenvalue weighted by molar-refractivity contribution is 5.85. The fraction of sp³-hybridized carbons (Fsp3) is 0.235. The summed E-state index contributed by atoms with van der Waals surface area (Å²) in [6.07, 6.45) is 4.55. The number of nitrogens with one attached hydrogen (secondary N) is 1. The molecule has 0 aliphatic carbocycles. The third-order valence-corrected chi connectivity index (χ3v) is 3.62. The third-order valence-electron chi connectivity index (χ3n) is 3.62. The number of nitrogens with zero attached hydrogens (tertiary/aromatic N) is 4. The Morgan fingerprint density at radius 2 is 2.00 bits per heavy atom. The van der Waals surface area contributed by atoms with Gasteiger partial charge >= 0.3 is 0 Å². The fourth-order valence-corrected chi connectivity index (χ4v) is 2.38. The summed E-state index contributed by atoms with van der Waals surface area (Å²) in [5, 5.41) is 4.12. The molecular weight excluding hydrogens is 309 g/mol. The molecule has 0 saturated carbocycles. The maximum absolute atomic E-state index is 14.0. The highest BCUT2D eigenvalue weighted by Crippen LogP contribution is 2.18. The lowest BCUT2D eigenvalue weighted by Gasteiger charge is -2.27. The van der Waals surface area contributed by atoms with Crippen molar-refractivity contribution in [2.75, 3.05) is 36.6 Å². The summed E-state index contributed by atoms with van der Waals surface area (Å²) in [6.45, 7) is 6.08. The molecular formula is C17H18FN5O. The van der Waals surface area contributed by atoms with E-state index in [-0.39, 0.29) is 11.8 Å². The summed E-state index contributed by atoms with van der Waals surface area (Å²) in [4.78, 5) is 9.96. The van der Waals surface area contributed by atoms with Crippen LogP contribution in [0.1, 0.15) is 11.1 Å². The SMILES string of the molecule is C=Cc1ccccc1/C=N\Nc1ncc(F)c(N2CCOCC2)n1. The second kappa shape index (κ2) is 7.65. The zero-order chi connectivity index (χ0) is 16.8. The Morgan fingerprint density at radius 3 is 2.75 bits per heavy atom. The minimum absolute atomic E-state index is 0.241. The summed E-state index contributed by atoms with van der Waals surface area (Å²) in [5.41, 5.74) is 4.62. The molecule has 2 heterocycles. The van der Waals surface area contributed by atoms with E-state index in [9.17, 15) is 4.39 Å². The normalized spacial score (nSPS) is 14.8. The molecule has 1 aromatic carbocycles. The molecule has 24 heavy (non-hydrogen) atoms. The molecule has 7 heteroatoms. The number of hydrogen-bond donors (Lipinski definition) is 1. The van der Waals surface area contributed by atoms with E-state index < -0.39 is 5.82 Å². The Labute approximate surface area is 139 Å². The lowest BCUT2D eigenvalue weighted by atomic mass is 10.1. The first-order valence-electron chi connectivity index (χ1n) is 7.63. The maximum atomic E-state index is 14.0. The maximum Gasteiger partial charge on any atom is 0.245 e. The first-order valence-corrected chi connectivity index (χ1v) is 7.63. The van der Waals surface area contributed by atoms with Crippen molar-refractivity contribution in [2.45, 2.75) is 0 Å². The standard InChI is InChI=1S/C17H18FN5O/c1-2-13-5-3-4-6-14(13)11-20-22-17-19-12-15(18)16(21-17)23-7-9-24-10-8-23/h2-6,11-12H,1,7-10H2,(H,19,21,22)/b20-11-. The molecule has 0 bridgehead atoms. The molecule has 2 aromatic rings. The topological polar surface area (TPSA) is 62.6 Å². The van der Waals surface area contributed by atoms with E-state index >= 15 is 0 Å². The van der Waals surface area contributed by atoms with Crippen molar-refractivity contribution in [3.63, 3.8) is 0 Å². The van der Waals surface area contributed by atoms with Gasteiger partial charge in [-0.1, -0.05) is 36.9 Å². The molecule has 1 N–H and O–H groups in total. The minimum Gasteiger partial charge on any atom is -0.378 e. The number of hydrogen-bond acceptors (Lipinski definition) is 6. The number of hydrazone groups is 1. The molecule has 0 radical (unpaired) electrons. The third kappa shape index (κ3) is 3.75. The molecule has 1 fully saturated rings. The fourth-order valence-electron chi connectivity index (χ4n) is 2.38. The zero-order valence-electron chi connectivity index (χ0n) is 13.2. The highest BCUT2D eigenvalue weighted by atomic mass is 19.1. The number of benzene rings is 1. The lowest BCUT2D eigenvalue weighted by Crippen LogP contribution is -2.37. The van der Waals surface area contributed by atoms with Gasteiger partial charge in [-0.15, -0.1) is 0 Å². The van der Waals surface area contributed by atoms with Crippen LogP contribution in [0.2, 0.25) is 0 Å². The number of rotatable bonds is 5. The van der Waals surface area contributed by atoms with Crippen molar-refractivity contribution in [1.82, 2.24) is 9.97 Å².